The molecule has 6 nitrogen and oxygen atoms in total. The number of para-hydroxylation sites is 2. The van der Waals surface area contributed by atoms with Gasteiger partial charge in [-0.25, -0.2) is 14.1 Å². The number of halogens is 1. The summed E-state index contributed by atoms with van der Waals surface area (Å²) in [7, 11) is 0. The average molecular weight is 403 g/mol. The summed E-state index contributed by atoms with van der Waals surface area (Å²) in [5.74, 6) is -0.0288. The first kappa shape index (κ1) is 19.4. The highest BCUT2D eigenvalue weighted by Crippen LogP contribution is 2.25. The van der Waals surface area contributed by atoms with Gasteiger partial charge in [0, 0.05) is 24.2 Å². The van der Waals surface area contributed by atoms with Crippen LogP contribution >= 0.6 is 0 Å². The fourth-order valence-corrected chi connectivity index (χ4v) is 3.22. The van der Waals surface area contributed by atoms with Crippen molar-refractivity contribution in [3.63, 3.8) is 0 Å². The molecule has 0 bridgehead atoms. The number of carbonyl (C=O) groups is 1. The highest BCUT2D eigenvalue weighted by atomic mass is 19.1. The van der Waals surface area contributed by atoms with Gasteiger partial charge < -0.3 is 11.1 Å². The molecule has 3 aromatic carbocycles. The van der Waals surface area contributed by atoms with Crippen molar-refractivity contribution >= 4 is 28.6 Å². The van der Waals surface area contributed by atoms with Gasteiger partial charge in [0.05, 0.1) is 11.0 Å². The Morgan fingerprint density at radius 1 is 1.07 bits per heavy atom. The molecule has 0 fully saturated rings. The normalized spacial score (nSPS) is 10.9. The standard InChI is InChI=1S/C23H22FN5O/c1-2-22(30)28-29-21-9-4-3-8-20(21)27-23(29)26-14-17-11-10-16(13-19(17)24)15-6-5-7-18(25)12-15/h3-13H,2,14,25H2,1H3,(H,26,27)(H,28,30). The zero-order chi connectivity index (χ0) is 21.1. The summed E-state index contributed by atoms with van der Waals surface area (Å²) in [5.41, 5.74) is 12.9. The quantitative estimate of drug-likeness (QED) is 0.413. The van der Waals surface area contributed by atoms with E-state index >= 15 is 0 Å². The molecule has 30 heavy (non-hydrogen) atoms. The maximum absolute atomic E-state index is 14.7. The second-order valence-corrected chi connectivity index (χ2v) is 6.93. The number of amides is 1. The number of rotatable bonds is 6. The van der Waals surface area contributed by atoms with Gasteiger partial charge >= 0.3 is 0 Å². The van der Waals surface area contributed by atoms with E-state index in [1.807, 2.05) is 48.5 Å². The lowest BCUT2D eigenvalue weighted by molar-refractivity contribution is -0.116. The second kappa shape index (κ2) is 8.24. The Labute approximate surface area is 173 Å². The summed E-state index contributed by atoms with van der Waals surface area (Å²) in [5, 5.41) is 3.13. The van der Waals surface area contributed by atoms with Crippen molar-refractivity contribution in [1.29, 1.82) is 0 Å². The first-order chi connectivity index (χ1) is 14.5. The number of benzene rings is 3. The minimum Gasteiger partial charge on any atom is -0.399 e. The average Bonchev–Trinajstić information content (AvgIpc) is 3.10. The monoisotopic (exact) mass is 403 g/mol. The van der Waals surface area contributed by atoms with Crippen molar-refractivity contribution in [2.24, 2.45) is 0 Å². The van der Waals surface area contributed by atoms with E-state index in [0.29, 0.717) is 23.6 Å². The number of nitrogen functional groups attached to an aromatic ring is 1. The molecule has 4 aromatic rings. The van der Waals surface area contributed by atoms with E-state index in [9.17, 15) is 9.18 Å². The number of fused-ring (bicyclic) bond motifs is 1. The molecule has 7 heteroatoms. The van der Waals surface area contributed by atoms with E-state index in [-0.39, 0.29) is 18.3 Å². The van der Waals surface area contributed by atoms with Gasteiger partial charge in [0.1, 0.15) is 5.82 Å². The molecule has 1 amide bonds. The molecule has 0 aliphatic heterocycles. The SMILES string of the molecule is CCC(=O)Nn1c(NCc2ccc(-c3cccc(N)c3)cc2F)nc2ccccc21. The van der Waals surface area contributed by atoms with Crippen molar-refractivity contribution in [1.82, 2.24) is 9.66 Å². The Balaban J connectivity index is 1.58. The van der Waals surface area contributed by atoms with Crippen LogP contribution in [-0.4, -0.2) is 15.6 Å². The van der Waals surface area contributed by atoms with Gasteiger partial charge in [0.15, 0.2) is 0 Å². The maximum atomic E-state index is 14.7. The molecular formula is C23H22FN5O. The number of carbonyl (C=O) groups excluding carboxylic acids is 1. The number of anilines is 2. The van der Waals surface area contributed by atoms with Crippen LogP contribution in [0.1, 0.15) is 18.9 Å². The van der Waals surface area contributed by atoms with Gasteiger partial charge in [-0.1, -0.05) is 43.3 Å². The Morgan fingerprint density at radius 2 is 1.87 bits per heavy atom. The minimum absolute atomic E-state index is 0.140. The van der Waals surface area contributed by atoms with Gasteiger partial charge in [-0.3, -0.25) is 10.2 Å². The molecule has 1 heterocycles. The van der Waals surface area contributed by atoms with Crippen LogP contribution in [0.3, 0.4) is 0 Å². The number of nitrogens with one attached hydrogen (secondary N) is 2. The number of nitrogens with zero attached hydrogens (tertiary/aromatic N) is 2. The third-order valence-electron chi connectivity index (χ3n) is 4.83. The van der Waals surface area contributed by atoms with E-state index < -0.39 is 0 Å². The van der Waals surface area contributed by atoms with Gasteiger partial charge in [-0.05, 0) is 41.5 Å². The van der Waals surface area contributed by atoms with Crippen molar-refractivity contribution < 1.29 is 9.18 Å². The van der Waals surface area contributed by atoms with Gasteiger partial charge in [0.25, 0.3) is 0 Å². The summed E-state index contributed by atoms with van der Waals surface area (Å²) >= 11 is 0. The Kier molecular flexibility index (Phi) is 5.34. The fourth-order valence-electron chi connectivity index (χ4n) is 3.22. The summed E-state index contributed by atoms with van der Waals surface area (Å²) in [6, 6.07) is 19.9. The van der Waals surface area contributed by atoms with E-state index in [0.717, 1.165) is 22.2 Å². The first-order valence-corrected chi connectivity index (χ1v) is 9.70. The van der Waals surface area contributed by atoms with Crippen LogP contribution < -0.4 is 16.5 Å². The molecule has 152 valence electrons. The molecule has 0 spiro atoms. The van der Waals surface area contributed by atoms with E-state index in [4.69, 9.17) is 5.73 Å². The smallest absolute Gasteiger partial charge is 0.238 e. The molecule has 0 saturated heterocycles. The van der Waals surface area contributed by atoms with Crippen LogP contribution in [0.25, 0.3) is 22.2 Å². The van der Waals surface area contributed by atoms with Gasteiger partial charge in [0.2, 0.25) is 11.9 Å². The molecule has 1 aromatic heterocycles. The number of hydrogen-bond acceptors (Lipinski definition) is 4. The molecule has 4 rings (SSSR count). The maximum Gasteiger partial charge on any atom is 0.238 e. The minimum atomic E-state index is -0.331. The van der Waals surface area contributed by atoms with Crippen molar-refractivity contribution in [3.8, 4) is 11.1 Å². The predicted octanol–water partition coefficient (Wildman–Crippen LogP) is 4.52. The van der Waals surface area contributed by atoms with Crippen LogP contribution in [0.4, 0.5) is 16.0 Å². The van der Waals surface area contributed by atoms with Crippen molar-refractivity contribution in [2.45, 2.75) is 19.9 Å². The number of nitrogens with two attached hydrogens (primary N) is 1. The Morgan fingerprint density at radius 3 is 2.63 bits per heavy atom. The zero-order valence-corrected chi connectivity index (χ0v) is 16.5. The molecule has 0 saturated carbocycles. The third-order valence-corrected chi connectivity index (χ3v) is 4.83. The number of hydrogen-bond donors (Lipinski definition) is 3. The van der Waals surface area contributed by atoms with Crippen LogP contribution in [0, 0.1) is 5.82 Å². The van der Waals surface area contributed by atoms with Crippen molar-refractivity contribution in [3.05, 3.63) is 78.1 Å². The molecule has 0 radical (unpaired) electrons. The zero-order valence-electron chi connectivity index (χ0n) is 16.5. The summed E-state index contributed by atoms with van der Waals surface area (Å²) in [6.45, 7) is 1.99. The highest BCUT2D eigenvalue weighted by molar-refractivity contribution is 5.87. The second-order valence-electron chi connectivity index (χ2n) is 6.93. The predicted molar refractivity (Wildman–Crippen MR) is 118 cm³/mol. The van der Waals surface area contributed by atoms with E-state index in [1.54, 1.807) is 23.7 Å². The van der Waals surface area contributed by atoms with Gasteiger partial charge in [-0.2, -0.15) is 0 Å². The molecular weight excluding hydrogens is 381 g/mol. The van der Waals surface area contributed by atoms with Crippen LogP contribution in [-0.2, 0) is 11.3 Å². The number of imidazole rings is 1. The number of aromatic nitrogens is 2. The molecule has 4 N–H and O–H groups in total. The fraction of sp³-hybridized carbons (Fsp3) is 0.130. The first-order valence-electron chi connectivity index (χ1n) is 9.70. The van der Waals surface area contributed by atoms with Crippen LogP contribution in [0.5, 0.6) is 0 Å². The van der Waals surface area contributed by atoms with Crippen LogP contribution in [0.2, 0.25) is 0 Å². The molecule has 0 unspecified atom stereocenters. The molecule has 0 aliphatic carbocycles. The Bertz CT molecular complexity index is 1220. The largest absolute Gasteiger partial charge is 0.399 e. The lowest BCUT2D eigenvalue weighted by Crippen LogP contribution is -2.23. The third kappa shape index (κ3) is 3.96. The topological polar surface area (TPSA) is 85.0 Å². The van der Waals surface area contributed by atoms with Crippen molar-refractivity contribution in [2.75, 3.05) is 16.5 Å². The van der Waals surface area contributed by atoms with E-state index in [1.165, 1.54) is 6.07 Å². The lowest BCUT2D eigenvalue weighted by Gasteiger charge is -2.12. The summed E-state index contributed by atoms with van der Waals surface area (Å²) < 4.78 is 16.3. The summed E-state index contributed by atoms with van der Waals surface area (Å²) in [6.07, 6.45) is 0.339. The summed E-state index contributed by atoms with van der Waals surface area (Å²) in [4.78, 5) is 16.5. The molecule has 0 atom stereocenters. The van der Waals surface area contributed by atoms with Crippen LogP contribution in [0.15, 0.2) is 66.7 Å². The Hall–Kier alpha value is -3.87. The lowest BCUT2D eigenvalue weighted by atomic mass is 10.0. The molecule has 0 aliphatic rings. The van der Waals surface area contributed by atoms with E-state index in [2.05, 4.69) is 15.7 Å². The van der Waals surface area contributed by atoms with Gasteiger partial charge in [-0.15, -0.1) is 0 Å². The highest BCUT2D eigenvalue weighted by Gasteiger charge is 2.13.